The first-order valence-corrected chi connectivity index (χ1v) is 14.2. The summed E-state index contributed by atoms with van der Waals surface area (Å²) < 4.78 is 28.3. The van der Waals surface area contributed by atoms with Gasteiger partial charge in [-0.2, -0.15) is 0 Å². The molecule has 2 N–H and O–H groups in total. The summed E-state index contributed by atoms with van der Waals surface area (Å²) in [6.45, 7) is 14.9. The fourth-order valence-corrected chi connectivity index (χ4v) is 5.88. The van der Waals surface area contributed by atoms with Gasteiger partial charge in [-0.15, -0.1) is 0 Å². The Morgan fingerprint density at radius 3 is 2.02 bits per heavy atom. The summed E-state index contributed by atoms with van der Waals surface area (Å²) in [7, 11) is 0. The molecular formula is C33H45F2N3O2. The number of carbonyl (C=O) groups is 2. The fourth-order valence-electron chi connectivity index (χ4n) is 5.88. The topological polar surface area (TPSA) is 75.8 Å². The van der Waals surface area contributed by atoms with E-state index in [9.17, 15) is 18.4 Å². The molecule has 2 aromatic carbocycles. The van der Waals surface area contributed by atoms with Crippen LogP contribution in [0, 0.1) is 28.4 Å². The van der Waals surface area contributed by atoms with Crippen LogP contribution in [0.15, 0.2) is 47.5 Å². The molecule has 218 valence electrons. The Kier molecular flexibility index (Phi) is 9.58. The quantitative estimate of drug-likeness (QED) is 0.254. The highest BCUT2D eigenvalue weighted by Crippen LogP contribution is 2.47. The van der Waals surface area contributed by atoms with Crippen molar-refractivity contribution in [1.82, 2.24) is 4.90 Å². The summed E-state index contributed by atoms with van der Waals surface area (Å²) >= 11 is 0. The van der Waals surface area contributed by atoms with Crippen LogP contribution in [-0.4, -0.2) is 28.6 Å². The average Bonchev–Trinajstić information content (AvgIpc) is 2.85. The molecule has 1 fully saturated rings. The zero-order valence-corrected chi connectivity index (χ0v) is 25.1. The Bertz CT molecular complexity index is 1200. The molecule has 0 bridgehead atoms. The molecule has 0 heterocycles. The number of hydrogen-bond donors (Lipinski definition) is 1. The lowest BCUT2D eigenvalue weighted by atomic mass is 9.69. The molecule has 7 heteroatoms. The van der Waals surface area contributed by atoms with E-state index in [1.807, 2.05) is 17.0 Å². The van der Waals surface area contributed by atoms with Gasteiger partial charge in [-0.1, -0.05) is 53.7 Å². The van der Waals surface area contributed by atoms with Crippen LogP contribution in [0.2, 0.25) is 0 Å². The van der Waals surface area contributed by atoms with Crippen molar-refractivity contribution in [3.8, 4) is 0 Å². The van der Waals surface area contributed by atoms with Crippen molar-refractivity contribution in [2.75, 3.05) is 0 Å². The Labute approximate surface area is 238 Å². The van der Waals surface area contributed by atoms with E-state index in [1.165, 1.54) is 12.1 Å². The van der Waals surface area contributed by atoms with Gasteiger partial charge in [0.15, 0.2) is 0 Å². The van der Waals surface area contributed by atoms with Crippen molar-refractivity contribution in [2.24, 2.45) is 27.5 Å². The highest BCUT2D eigenvalue weighted by molar-refractivity contribution is 5.99. The predicted octanol–water partition coefficient (Wildman–Crippen LogP) is 7.83. The lowest BCUT2D eigenvalue weighted by Gasteiger charge is -2.49. The van der Waals surface area contributed by atoms with E-state index in [-0.39, 0.29) is 16.9 Å². The Hall–Kier alpha value is -3.09. The third kappa shape index (κ3) is 7.76. The predicted molar refractivity (Wildman–Crippen MR) is 157 cm³/mol. The summed E-state index contributed by atoms with van der Waals surface area (Å²) in [6.07, 6.45) is 5.42. The van der Waals surface area contributed by atoms with E-state index < -0.39 is 23.2 Å². The molecule has 1 aliphatic carbocycles. The van der Waals surface area contributed by atoms with Gasteiger partial charge in [0.05, 0.1) is 6.04 Å². The van der Waals surface area contributed by atoms with Crippen LogP contribution in [0.25, 0.3) is 0 Å². The average molecular weight is 554 g/mol. The van der Waals surface area contributed by atoms with Gasteiger partial charge in [-0.3, -0.25) is 14.6 Å². The largest absolute Gasteiger partial charge is 0.366 e. The van der Waals surface area contributed by atoms with Crippen molar-refractivity contribution >= 4 is 18.0 Å². The molecule has 0 aliphatic heterocycles. The number of primary amides is 1. The highest BCUT2D eigenvalue weighted by Gasteiger charge is 2.45. The molecule has 0 aromatic heterocycles. The molecule has 1 aliphatic rings. The normalized spacial score (nSPS) is 21.1. The molecule has 2 aromatic rings. The fraction of sp³-hybridized carbons (Fsp3) is 0.545. The SMILES string of the molecule is C/C(=N\C1(N(C=O)C(CCC(C)(C)C)c2ccc(C(N)=O)cc2)CCC(C(C)(C)C)CC1)c1cc(F)cc(F)c1. The first-order chi connectivity index (χ1) is 18.5. The van der Waals surface area contributed by atoms with Crippen molar-refractivity contribution in [2.45, 2.75) is 98.7 Å². The van der Waals surface area contributed by atoms with E-state index in [1.54, 1.807) is 19.1 Å². The molecule has 0 saturated heterocycles. The second kappa shape index (κ2) is 12.2. The van der Waals surface area contributed by atoms with E-state index in [2.05, 4.69) is 41.5 Å². The molecule has 3 rings (SSSR count). The summed E-state index contributed by atoms with van der Waals surface area (Å²) in [6, 6.07) is 10.2. The highest BCUT2D eigenvalue weighted by atomic mass is 19.1. The van der Waals surface area contributed by atoms with Gasteiger partial charge in [0.25, 0.3) is 0 Å². The summed E-state index contributed by atoms with van der Waals surface area (Å²) in [5.74, 6) is -1.39. The van der Waals surface area contributed by atoms with Crippen LogP contribution in [0.3, 0.4) is 0 Å². The van der Waals surface area contributed by atoms with Crippen LogP contribution >= 0.6 is 0 Å². The molecule has 0 spiro atoms. The second-order valence-corrected chi connectivity index (χ2v) is 13.6. The molecular weight excluding hydrogens is 508 g/mol. The maximum Gasteiger partial charge on any atom is 0.248 e. The van der Waals surface area contributed by atoms with Crippen LogP contribution < -0.4 is 5.73 Å². The molecule has 1 atom stereocenters. The summed E-state index contributed by atoms with van der Waals surface area (Å²) in [5, 5.41) is 0. The van der Waals surface area contributed by atoms with Crippen molar-refractivity contribution in [3.05, 3.63) is 70.8 Å². The van der Waals surface area contributed by atoms with Gasteiger partial charge in [0.1, 0.15) is 17.3 Å². The standard InChI is InChI=1S/C33H45F2N3O2/c1-22(25-18-27(34)20-28(35)19-25)37-33(16-12-26(13-17-33)32(5,6)7)38(21-39)29(14-15-31(2,3)4)23-8-10-24(11-9-23)30(36)40/h8-11,18-21,26,29H,12-17H2,1-7H3,(H2,36,40)/b37-22+. The van der Waals surface area contributed by atoms with Gasteiger partial charge >= 0.3 is 0 Å². The molecule has 2 amide bonds. The smallest absolute Gasteiger partial charge is 0.248 e. The maximum atomic E-state index is 14.1. The van der Waals surface area contributed by atoms with E-state index in [0.717, 1.165) is 37.3 Å². The van der Waals surface area contributed by atoms with Gasteiger partial charge in [0.2, 0.25) is 12.3 Å². The summed E-state index contributed by atoms with van der Waals surface area (Å²) in [5.41, 5.74) is 6.86. The number of amides is 2. The van der Waals surface area contributed by atoms with E-state index >= 15 is 0 Å². The van der Waals surface area contributed by atoms with Gasteiger partial charge < -0.3 is 10.6 Å². The minimum absolute atomic E-state index is 0.0231. The van der Waals surface area contributed by atoms with Crippen LogP contribution in [0.5, 0.6) is 0 Å². The minimum atomic E-state index is -0.888. The number of hydrogen-bond acceptors (Lipinski definition) is 3. The molecule has 0 radical (unpaired) electrons. The molecule has 5 nitrogen and oxygen atoms in total. The lowest BCUT2D eigenvalue weighted by Crippen LogP contribution is -2.52. The van der Waals surface area contributed by atoms with Crippen LogP contribution in [-0.2, 0) is 4.79 Å². The Morgan fingerprint density at radius 1 is 1.02 bits per heavy atom. The number of nitrogens with two attached hydrogens (primary N) is 1. The number of halogens is 2. The van der Waals surface area contributed by atoms with Crippen molar-refractivity contribution in [3.63, 3.8) is 0 Å². The van der Waals surface area contributed by atoms with E-state index in [4.69, 9.17) is 10.7 Å². The molecule has 40 heavy (non-hydrogen) atoms. The van der Waals surface area contributed by atoms with E-state index in [0.29, 0.717) is 42.0 Å². The number of benzene rings is 2. The third-order valence-electron chi connectivity index (χ3n) is 8.34. The first kappa shape index (κ1) is 31.4. The second-order valence-electron chi connectivity index (χ2n) is 13.6. The maximum absolute atomic E-state index is 14.1. The zero-order chi connectivity index (χ0) is 29.9. The number of aliphatic imine (C=N–C) groups is 1. The van der Waals surface area contributed by atoms with Gasteiger partial charge in [-0.05, 0) is 92.0 Å². The van der Waals surface area contributed by atoms with Crippen LogP contribution in [0.4, 0.5) is 8.78 Å². The number of carbonyl (C=O) groups excluding carboxylic acids is 2. The first-order valence-electron chi connectivity index (χ1n) is 14.2. The zero-order valence-electron chi connectivity index (χ0n) is 25.1. The van der Waals surface area contributed by atoms with Gasteiger partial charge in [-0.25, -0.2) is 8.78 Å². The van der Waals surface area contributed by atoms with Gasteiger partial charge in [0, 0.05) is 22.9 Å². The van der Waals surface area contributed by atoms with Crippen molar-refractivity contribution in [1.29, 1.82) is 0 Å². The molecule has 1 saturated carbocycles. The monoisotopic (exact) mass is 553 g/mol. The number of rotatable bonds is 9. The third-order valence-corrected chi connectivity index (χ3v) is 8.34. The minimum Gasteiger partial charge on any atom is -0.366 e. The number of nitrogens with zero attached hydrogens (tertiary/aromatic N) is 2. The van der Waals surface area contributed by atoms with Crippen LogP contribution in [0.1, 0.15) is 115 Å². The van der Waals surface area contributed by atoms with Crippen molar-refractivity contribution < 1.29 is 18.4 Å². The summed E-state index contributed by atoms with van der Waals surface area (Å²) in [4.78, 5) is 31.8. The lowest BCUT2D eigenvalue weighted by molar-refractivity contribution is -0.130. The Balaban J connectivity index is 2.14. The Morgan fingerprint density at radius 2 is 1.57 bits per heavy atom. The molecule has 1 unspecified atom stereocenters.